The van der Waals surface area contributed by atoms with Gasteiger partial charge in [-0.3, -0.25) is 0 Å². The summed E-state index contributed by atoms with van der Waals surface area (Å²) in [4.78, 5) is 15.4. The predicted molar refractivity (Wildman–Crippen MR) is 72.8 cm³/mol. The monoisotopic (exact) mass is 278 g/mol. The molecule has 100 valence electrons. The van der Waals surface area contributed by atoms with Crippen LogP contribution in [0.5, 0.6) is 0 Å². The smallest absolute Gasteiger partial charge is 0.339 e. The van der Waals surface area contributed by atoms with Gasteiger partial charge in [0.05, 0.1) is 16.9 Å². The van der Waals surface area contributed by atoms with E-state index in [0.717, 1.165) is 12.1 Å². The molecule has 0 radical (unpaired) electrons. The number of anilines is 1. The summed E-state index contributed by atoms with van der Waals surface area (Å²) in [6, 6.07) is 0. The van der Waals surface area contributed by atoms with Crippen molar-refractivity contribution in [1.82, 2.24) is 15.2 Å². The Morgan fingerprint density at radius 3 is 2.84 bits per heavy atom. The van der Waals surface area contributed by atoms with Gasteiger partial charge >= 0.3 is 5.97 Å². The van der Waals surface area contributed by atoms with E-state index in [9.17, 15) is 9.90 Å². The molecule has 0 spiro atoms. The van der Waals surface area contributed by atoms with E-state index in [1.165, 1.54) is 11.3 Å². The second-order valence-corrected chi connectivity index (χ2v) is 4.81. The number of rotatable bonds is 5. The molecule has 2 heterocycles. The molecule has 0 aliphatic heterocycles. The van der Waals surface area contributed by atoms with Gasteiger partial charge in [-0.25, -0.2) is 9.78 Å². The van der Waals surface area contributed by atoms with Crippen molar-refractivity contribution in [3.8, 4) is 0 Å². The molecule has 0 aliphatic rings. The van der Waals surface area contributed by atoms with Gasteiger partial charge in [0.15, 0.2) is 5.82 Å². The van der Waals surface area contributed by atoms with Gasteiger partial charge < -0.3 is 10.4 Å². The molecule has 0 aliphatic carbocycles. The van der Waals surface area contributed by atoms with E-state index in [1.54, 1.807) is 19.4 Å². The Kier molecular flexibility index (Phi) is 4.06. The van der Waals surface area contributed by atoms with E-state index in [4.69, 9.17) is 0 Å². The maximum absolute atomic E-state index is 11.3. The van der Waals surface area contributed by atoms with Crippen LogP contribution in [0.15, 0.2) is 10.9 Å². The van der Waals surface area contributed by atoms with Crippen LogP contribution in [0.2, 0.25) is 0 Å². The van der Waals surface area contributed by atoms with Crippen LogP contribution in [-0.2, 0) is 6.42 Å². The number of nitrogens with zero attached hydrogens (tertiary/aromatic N) is 3. The third-order valence-electron chi connectivity index (χ3n) is 2.83. The lowest BCUT2D eigenvalue weighted by atomic mass is 10.1. The van der Waals surface area contributed by atoms with Crippen molar-refractivity contribution in [2.45, 2.75) is 20.3 Å². The maximum Gasteiger partial charge on any atom is 0.339 e. The lowest BCUT2D eigenvalue weighted by molar-refractivity contribution is 0.0696. The third kappa shape index (κ3) is 3.05. The first-order valence-corrected chi connectivity index (χ1v) is 6.72. The highest BCUT2D eigenvalue weighted by molar-refractivity contribution is 7.07. The van der Waals surface area contributed by atoms with E-state index in [0.29, 0.717) is 23.6 Å². The summed E-state index contributed by atoms with van der Waals surface area (Å²) in [7, 11) is 0. The van der Waals surface area contributed by atoms with Crippen molar-refractivity contribution in [3.05, 3.63) is 33.4 Å². The zero-order valence-corrected chi connectivity index (χ0v) is 11.5. The third-order valence-corrected chi connectivity index (χ3v) is 3.46. The summed E-state index contributed by atoms with van der Waals surface area (Å²) >= 11 is 1.54. The quantitative estimate of drug-likeness (QED) is 0.868. The van der Waals surface area contributed by atoms with Gasteiger partial charge in [0.2, 0.25) is 0 Å². The Balaban J connectivity index is 2.11. The SMILES string of the molecule is Cc1nnc(NCCc2cscn2)c(C(=O)O)c1C. The normalized spacial score (nSPS) is 10.4. The molecule has 0 bridgehead atoms. The van der Waals surface area contributed by atoms with E-state index >= 15 is 0 Å². The van der Waals surface area contributed by atoms with Crippen molar-refractivity contribution < 1.29 is 9.90 Å². The van der Waals surface area contributed by atoms with Gasteiger partial charge in [-0.15, -0.1) is 16.4 Å². The van der Waals surface area contributed by atoms with Gasteiger partial charge in [0.25, 0.3) is 0 Å². The first-order valence-electron chi connectivity index (χ1n) is 5.77. The summed E-state index contributed by atoms with van der Waals surface area (Å²) in [5.41, 5.74) is 4.20. The zero-order chi connectivity index (χ0) is 13.8. The molecule has 2 N–H and O–H groups in total. The molecule has 19 heavy (non-hydrogen) atoms. The van der Waals surface area contributed by atoms with Gasteiger partial charge in [0.1, 0.15) is 5.56 Å². The van der Waals surface area contributed by atoms with Gasteiger partial charge in [-0.2, -0.15) is 5.10 Å². The van der Waals surface area contributed by atoms with Crippen LogP contribution in [0.3, 0.4) is 0 Å². The lowest BCUT2D eigenvalue weighted by Crippen LogP contribution is -2.14. The number of carboxylic acid groups (broad SMARTS) is 1. The number of aryl methyl sites for hydroxylation is 1. The van der Waals surface area contributed by atoms with E-state index in [-0.39, 0.29) is 5.56 Å². The molecule has 0 fully saturated rings. The van der Waals surface area contributed by atoms with Crippen LogP contribution >= 0.6 is 11.3 Å². The van der Waals surface area contributed by atoms with Crippen molar-refractivity contribution in [2.24, 2.45) is 0 Å². The topological polar surface area (TPSA) is 88.0 Å². The Bertz CT molecular complexity index is 584. The van der Waals surface area contributed by atoms with Crippen molar-refractivity contribution in [3.63, 3.8) is 0 Å². The number of nitrogens with one attached hydrogen (secondary N) is 1. The van der Waals surface area contributed by atoms with Crippen molar-refractivity contribution in [1.29, 1.82) is 0 Å². The molecular weight excluding hydrogens is 264 g/mol. The Labute approximate surface area is 114 Å². The molecule has 0 aromatic carbocycles. The molecule has 0 saturated carbocycles. The van der Waals surface area contributed by atoms with Gasteiger partial charge in [-0.1, -0.05) is 0 Å². The minimum Gasteiger partial charge on any atom is -0.478 e. The molecule has 2 aromatic heterocycles. The number of hydrogen-bond acceptors (Lipinski definition) is 6. The van der Waals surface area contributed by atoms with E-state index in [2.05, 4.69) is 20.5 Å². The van der Waals surface area contributed by atoms with E-state index in [1.807, 2.05) is 5.38 Å². The number of carbonyl (C=O) groups is 1. The molecule has 2 rings (SSSR count). The molecule has 0 amide bonds. The highest BCUT2D eigenvalue weighted by Crippen LogP contribution is 2.18. The maximum atomic E-state index is 11.3. The average Bonchev–Trinajstić information content (AvgIpc) is 2.86. The average molecular weight is 278 g/mol. The lowest BCUT2D eigenvalue weighted by Gasteiger charge is -2.10. The van der Waals surface area contributed by atoms with Gasteiger partial charge in [-0.05, 0) is 19.4 Å². The minimum absolute atomic E-state index is 0.186. The predicted octanol–water partition coefficient (Wildman–Crippen LogP) is 1.90. The second-order valence-electron chi connectivity index (χ2n) is 4.10. The first kappa shape index (κ1) is 13.4. The largest absolute Gasteiger partial charge is 0.478 e. The summed E-state index contributed by atoms with van der Waals surface area (Å²) < 4.78 is 0. The summed E-state index contributed by atoms with van der Waals surface area (Å²) in [6.45, 7) is 4.05. The first-order chi connectivity index (χ1) is 9.09. The van der Waals surface area contributed by atoms with Crippen LogP contribution in [0.25, 0.3) is 0 Å². The molecule has 0 unspecified atom stereocenters. The minimum atomic E-state index is -0.994. The highest BCUT2D eigenvalue weighted by atomic mass is 32.1. The van der Waals surface area contributed by atoms with Crippen LogP contribution in [0.4, 0.5) is 5.82 Å². The number of carboxylic acids is 1. The van der Waals surface area contributed by atoms with Crippen molar-refractivity contribution >= 4 is 23.1 Å². The fraction of sp³-hybridized carbons (Fsp3) is 0.333. The highest BCUT2D eigenvalue weighted by Gasteiger charge is 2.17. The number of aromatic carboxylic acids is 1. The van der Waals surface area contributed by atoms with Crippen LogP contribution < -0.4 is 5.32 Å². The number of hydrogen-bond donors (Lipinski definition) is 2. The Morgan fingerprint density at radius 2 is 2.21 bits per heavy atom. The Morgan fingerprint density at radius 1 is 1.42 bits per heavy atom. The summed E-state index contributed by atoms with van der Waals surface area (Å²) in [6.07, 6.45) is 0.719. The molecular formula is C12H14N4O2S. The standard InChI is InChI=1S/C12H14N4O2S/c1-7-8(2)15-16-11(10(7)12(17)18)13-4-3-9-5-19-6-14-9/h5-6H,3-4H2,1-2H3,(H,13,16)(H,17,18). The molecule has 0 atom stereocenters. The molecule has 6 nitrogen and oxygen atoms in total. The number of aromatic nitrogens is 3. The Hall–Kier alpha value is -2.02. The summed E-state index contributed by atoms with van der Waals surface area (Å²) in [5.74, 6) is -0.683. The number of thiazole rings is 1. The fourth-order valence-electron chi connectivity index (χ4n) is 1.66. The molecule has 2 aromatic rings. The fourth-order valence-corrected chi connectivity index (χ4v) is 2.26. The van der Waals surface area contributed by atoms with E-state index < -0.39 is 5.97 Å². The molecule has 7 heteroatoms. The molecule has 0 saturated heterocycles. The van der Waals surface area contributed by atoms with Crippen molar-refractivity contribution in [2.75, 3.05) is 11.9 Å². The second kappa shape index (κ2) is 5.75. The van der Waals surface area contributed by atoms with Gasteiger partial charge in [0, 0.05) is 18.3 Å². The zero-order valence-electron chi connectivity index (χ0n) is 10.7. The van der Waals surface area contributed by atoms with Crippen LogP contribution in [0, 0.1) is 13.8 Å². The summed E-state index contributed by atoms with van der Waals surface area (Å²) in [5, 5.41) is 22.1. The van der Waals surface area contributed by atoms with Crippen LogP contribution in [0.1, 0.15) is 27.3 Å². The van der Waals surface area contributed by atoms with Crippen LogP contribution in [-0.4, -0.2) is 32.8 Å².